The van der Waals surface area contributed by atoms with Crippen molar-refractivity contribution < 1.29 is 4.74 Å². The second kappa shape index (κ2) is 4.30. The highest BCUT2D eigenvalue weighted by Crippen LogP contribution is 2.18. The van der Waals surface area contributed by atoms with Gasteiger partial charge in [0.1, 0.15) is 5.75 Å². The van der Waals surface area contributed by atoms with Crippen LogP contribution in [0.5, 0.6) is 5.75 Å². The highest BCUT2D eigenvalue weighted by Gasteiger charge is 2.08. The molecule has 0 bridgehead atoms. The van der Waals surface area contributed by atoms with Gasteiger partial charge in [-0.1, -0.05) is 0 Å². The van der Waals surface area contributed by atoms with Gasteiger partial charge in [-0.3, -0.25) is 10.6 Å². The number of ether oxygens (including phenoxy) is 1. The van der Waals surface area contributed by atoms with E-state index in [-0.39, 0.29) is 0 Å². The summed E-state index contributed by atoms with van der Waals surface area (Å²) in [7, 11) is 1.68. The lowest BCUT2D eigenvalue weighted by atomic mass is 10.3. The smallest absolute Gasteiger partial charge is 0.119 e. The van der Waals surface area contributed by atoms with Crippen LogP contribution in [0.15, 0.2) is 24.3 Å². The molecule has 0 unspecified atom stereocenters. The molecule has 1 aromatic rings. The van der Waals surface area contributed by atoms with Crippen LogP contribution in [0.25, 0.3) is 0 Å². The fraction of sp³-hybridized carbons (Fsp3) is 0.400. The molecule has 4 nitrogen and oxygen atoms in total. The van der Waals surface area contributed by atoms with Crippen LogP contribution >= 0.6 is 0 Å². The van der Waals surface area contributed by atoms with E-state index < -0.39 is 0 Å². The van der Waals surface area contributed by atoms with Crippen molar-refractivity contribution in [2.45, 2.75) is 0 Å². The highest BCUT2D eigenvalue weighted by atomic mass is 16.5. The molecule has 14 heavy (non-hydrogen) atoms. The first-order valence-electron chi connectivity index (χ1n) is 4.70. The van der Waals surface area contributed by atoms with Gasteiger partial charge in [0.25, 0.3) is 0 Å². The summed E-state index contributed by atoms with van der Waals surface area (Å²) in [6, 6.07) is 8.08. The minimum atomic E-state index is 0.882. The summed E-state index contributed by atoms with van der Waals surface area (Å²) < 4.78 is 5.11. The fourth-order valence-electron chi connectivity index (χ4n) is 1.50. The molecule has 1 fully saturated rings. The van der Waals surface area contributed by atoms with Crippen LogP contribution in [-0.2, 0) is 0 Å². The van der Waals surface area contributed by atoms with Crippen molar-refractivity contribution in [2.24, 2.45) is 0 Å². The van der Waals surface area contributed by atoms with Gasteiger partial charge in [-0.25, -0.2) is 0 Å². The zero-order valence-corrected chi connectivity index (χ0v) is 8.29. The molecule has 0 atom stereocenters. The van der Waals surface area contributed by atoms with Crippen LogP contribution in [0.4, 0.5) is 5.69 Å². The standard InChI is InChI=1S/C10H15N3O/c1-14-10-4-2-9(3-5-10)13-7-11-6-12-8-13/h2-5,11-12H,6-8H2,1H3. The molecule has 0 saturated carbocycles. The maximum absolute atomic E-state index is 5.11. The topological polar surface area (TPSA) is 36.5 Å². The van der Waals surface area contributed by atoms with Crippen molar-refractivity contribution in [3.8, 4) is 5.75 Å². The van der Waals surface area contributed by atoms with Crippen molar-refractivity contribution in [3.63, 3.8) is 0 Å². The van der Waals surface area contributed by atoms with Gasteiger partial charge in [-0.15, -0.1) is 0 Å². The maximum atomic E-state index is 5.11. The lowest BCUT2D eigenvalue weighted by Gasteiger charge is -2.30. The summed E-state index contributed by atoms with van der Waals surface area (Å²) in [6.07, 6.45) is 0. The Hall–Kier alpha value is -1.26. The van der Waals surface area contributed by atoms with E-state index in [4.69, 9.17) is 4.74 Å². The van der Waals surface area contributed by atoms with E-state index >= 15 is 0 Å². The molecular formula is C10H15N3O. The van der Waals surface area contributed by atoms with Crippen LogP contribution < -0.4 is 20.3 Å². The Bertz CT molecular complexity index is 280. The number of methoxy groups -OCH3 is 1. The van der Waals surface area contributed by atoms with Crippen molar-refractivity contribution in [1.82, 2.24) is 10.6 Å². The first kappa shape index (κ1) is 9.30. The molecule has 0 aromatic heterocycles. The SMILES string of the molecule is COc1ccc(N2CNCNC2)cc1. The van der Waals surface area contributed by atoms with Gasteiger partial charge in [0, 0.05) is 12.4 Å². The summed E-state index contributed by atoms with van der Waals surface area (Å²) in [5.41, 5.74) is 1.20. The number of rotatable bonds is 2. The van der Waals surface area contributed by atoms with Gasteiger partial charge in [-0.05, 0) is 24.3 Å². The monoisotopic (exact) mass is 193 g/mol. The normalized spacial score (nSPS) is 16.8. The number of nitrogens with one attached hydrogen (secondary N) is 2. The minimum Gasteiger partial charge on any atom is -0.497 e. The van der Waals surface area contributed by atoms with Crippen LogP contribution in [0.3, 0.4) is 0 Å². The number of benzene rings is 1. The molecule has 1 saturated heterocycles. The summed E-state index contributed by atoms with van der Waals surface area (Å²) in [6.45, 7) is 2.66. The molecule has 2 N–H and O–H groups in total. The number of nitrogens with zero attached hydrogens (tertiary/aromatic N) is 1. The molecule has 2 rings (SSSR count). The molecule has 0 spiro atoms. The predicted octanol–water partition coefficient (Wildman–Crippen LogP) is 0.567. The molecule has 0 amide bonds. The van der Waals surface area contributed by atoms with E-state index in [1.54, 1.807) is 7.11 Å². The molecule has 1 aromatic carbocycles. The number of hydrogen-bond acceptors (Lipinski definition) is 4. The van der Waals surface area contributed by atoms with Gasteiger partial charge in [0.15, 0.2) is 0 Å². The second-order valence-corrected chi connectivity index (χ2v) is 3.23. The van der Waals surface area contributed by atoms with Crippen LogP contribution in [-0.4, -0.2) is 27.1 Å². The summed E-state index contributed by atoms with van der Waals surface area (Å²) in [5.74, 6) is 0.895. The van der Waals surface area contributed by atoms with Crippen molar-refractivity contribution in [2.75, 3.05) is 32.0 Å². The Morgan fingerprint density at radius 1 is 1.14 bits per heavy atom. The largest absolute Gasteiger partial charge is 0.497 e. The lowest BCUT2D eigenvalue weighted by molar-refractivity contribution is 0.414. The fourth-order valence-corrected chi connectivity index (χ4v) is 1.50. The van der Waals surface area contributed by atoms with E-state index in [0.29, 0.717) is 0 Å². The van der Waals surface area contributed by atoms with Gasteiger partial charge in [-0.2, -0.15) is 0 Å². The van der Waals surface area contributed by atoms with Crippen LogP contribution in [0.1, 0.15) is 0 Å². The van der Waals surface area contributed by atoms with Gasteiger partial charge >= 0.3 is 0 Å². The molecule has 1 aliphatic heterocycles. The molecule has 0 aliphatic carbocycles. The van der Waals surface area contributed by atoms with E-state index in [1.807, 2.05) is 12.1 Å². The van der Waals surface area contributed by atoms with Crippen molar-refractivity contribution in [1.29, 1.82) is 0 Å². The summed E-state index contributed by atoms with van der Waals surface area (Å²) >= 11 is 0. The first-order chi connectivity index (χ1) is 6.90. The Morgan fingerprint density at radius 3 is 2.36 bits per heavy atom. The van der Waals surface area contributed by atoms with E-state index in [9.17, 15) is 0 Å². The summed E-state index contributed by atoms with van der Waals surface area (Å²) in [4.78, 5) is 2.23. The second-order valence-electron chi connectivity index (χ2n) is 3.23. The number of anilines is 1. The third kappa shape index (κ3) is 1.97. The lowest BCUT2D eigenvalue weighted by Crippen LogP contribution is -2.50. The minimum absolute atomic E-state index is 0.882. The van der Waals surface area contributed by atoms with Crippen molar-refractivity contribution in [3.05, 3.63) is 24.3 Å². The molecule has 1 aliphatic rings. The predicted molar refractivity (Wildman–Crippen MR) is 56.3 cm³/mol. The van der Waals surface area contributed by atoms with Crippen LogP contribution in [0.2, 0.25) is 0 Å². The Balaban J connectivity index is 2.07. The molecule has 1 heterocycles. The quantitative estimate of drug-likeness (QED) is 0.720. The summed E-state index contributed by atoms with van der Waals surface area (Å²) in [5, 5.41) is 6.49. The Labute approximate surface area is 83.9 Å². The molecule has 4 heteroatoms. The van der Waals surface area contributed by atoms with E-state index in [2.05, 4.69) is 27.7 Å². The zero-order valence-electron chi connectivity index (χ0n) is 8.29. The van der Waals surface area contributed by atoms with Crippen molar-refractivity contribution >= 4 is 5.69 Å². The Kier molecular flexibility index (Phi) is 2.86. The van der Waals surface area contributed by atoms with Gasteiger partial charge in [0.2, 0.25) is 0 Å². The zero-order chi connectivity index (χ0) is 9.80. The first-order valence-corrected chi connectivity index (χ1v) is 4.70. The average molecular weight is 193 g/mol. The third-order valence-corrected chi connectivity index (χ3v) is 2.29. The van der Waals surface area contributed by atoms with Gasteiger partial charge in [0.05, 0.1) is 20.4 Å². The number of hydrogen-bond donors (Lipinski definition) is 2. The molecule has 76 valence electrons. The molecule has 0 radical (unpaired) electrons. The highest BCUT2D eigenvalue weighted by molar-refractivity contribution is 5.49. The maximum Gasteiger partial charge on any atom is 0.119 e. The molecular weight excluding hydrogens is 178 g/mol. The third-order valence-electron chi connectivity index (χ3n) is 2.29. The van der Waals surface area contributed by atoms with Gasteiger partial charge < -0.3 is 9.64 Å². The van der Waals surface area contributed by atoms with E-state index in [0.717, 1.165) is 25.8 Å². The Morgan fingerprint density at radius 2 is 1.79 bits per heavy atom. The van der Waals surface area contributed by atoms with E-state index in [1.165, 1.54) is 5.69 Å². The average Bonchev–Trinajstić information content (AvgIpc) is 2.30. The van der Waals surface area contributed by atoms with Crippen LogP contribution in [0, 0.1) is 0 Å².